The molecule has 0 heterocycles. The van der Waals surface area contributed by atoms with Crippen molar-refractivity contribution in [3.8, 4) is 0 Å². The highest BCUT2D eigenvalue weighted by Crippen LogP contribution is 2.20. The molecule has 0 amide bonds. The number of aliphatic hydroxyl groups is 3. The highest BCUT2D eigenvalue weighted by Gasteiger charge is 2.37. The molecule has 14 heavy (non-hydrogen) atoms. The monoisotopic (exact) mass is 201 g/mol. The van der Waals surface area contributed by atoms with Crippen molar-refractivity contribution in [1.82, 2.24) is 0 Å². The van der Waals surface area contributed by atoms with Crippen LogP contribution >= 0.6 is 0 Å². The Morgan fingerprint density at radius 2 is 2.07 bits per heavy atom. The fourth-order valence-electron chi connectivity index (χ4n) is 1.35. The average molecular weight is 201 g/mol. The van der Waals surface area contributed by atoms with Gasteiger partial charge >= 0.3 is 0 Å². The Hall–Kier alpha value is -1.11. The van der Waals surface area contributed by atoms with Crippen LogP contribution in [0.25, 0.3) is 0 Å². The van der Waals surface area contributed by atoms with Gasteiger partial charge in [-0.15, -0.1) is 0 Å². The number of carbonyl (C=O) groups excluding carboxylic acids is 1. The largest absolute Gasteiger partial charge is 0.396 e. The first-order chi connectivity index (χ1) is 6.61. The fourth-order valence-corrected chi connectivity index (χ4v) is 1.35. The van der Waals surface area contributed by atoms with Gasteiger partial charge in [-0.2, -0.15) is 4.91 Å². The van der Waals surface area contributed by atoms with Crippen molar-refractivity contribution in [3.63, 3.8) is 0 Å². The molecule has 78 valence electrons. The molecule has 0 fully saturated rings. The van der Waals surface area contributed by atoms with Gasteiger partial charge < -0.3 is 15.3 Å². The van der Waals surface area contributed by atoms with E-state index in [2.05, 4.69) is 5.18 Å². The number of nitrogens with zero attached hydrogens (tertiary/aromatic N) is 1. The Kier molecular flexibility index (Phi) is 3.45. The Bertz CT molecular complexity index is 264. The first-order valence-electron chi connectivity index (χ1n) is 4.13. The molecule has 4 atom stereocenters. The Balaban J connectivity index is 2.96. The predicted octanol–water partition coefficient (Wildman–Crippen LogP) is -1.41. The number of hydrogen-bond acceptors (Lipinski definition) is 6. The Morgan fingerprint density at radius 1 is 1.43 bits per heavy atom. The first kappa shape index (κ1) is 11.0. The van der Waals surface area contributed by atoms with Crippen LogP contribution in [0.5, 0.6) is 0 Å². The van der Waals surface area contributed by atoms with E-state index in [1.807, 2.05) is 0 Å². The molecular weight excluding hydrogens is 190 g/mol. The zero-order valence-corrected chi connectivity index (χ0v) is 7.28. The summed E-state index contributed by atoms with van der Waals surface area (Å²) < 4.78 is 0. The van der Waals surface area contributed by atoms with E-state index in [-0.39, 0.29) is 0 Å². The highest BCUT2D eigenvalue weighted by atomic mass is 16.3. The second kappa shape index (κ2) is 4.41. The van der Waals surface area contributed by atoms with Crippen molar-refractivity contribution in [2.24, 2.45) is 11.1 Å². The van der Waals surface area contributed by atoms with Crippen LogP contribution in [0.1, 0.15) is 0 Å². The van der Waals surface area contributed by atoms with E-state index in [9.17, 15) is 19.9 Å². The van der Waals surface area contributed by atoms with Gasteiger partial charge in [0, 0.05) is 5.92 Å². The molecule has 0 saturated carbocycles. The van der Waals surface area contributed by atoms with E-state index in [1.54, 1.807) is 0 Å². The van der Waals surface area contributed by atoms with Gasteiger partial charge in [-0.25, -0.2) is 0 Å². The maximum absolute atomic E-state index is 11.0. The number of nitroso groups, excluding NO2 is 1. The quantitative estimate of drug-likeness (QED) is 0.476. The summed E-state index contributed by atoms with van der Waals surface area (Å²) in [6.07, 6.45) is -0.897. The average Bonchev–Trinajstić information content (AvgIpc) is 2.30. The smallest absolute Gasteiger partial charge is 0.186 e. The van der Waals surface area contributed by atoms with Crippen LogP contribution in [0.15, 0.2) is 17.3 Å². The van der Waals surface area contributed by atoms with Gasteiger partial charge in [-0.3, -0.25) is 4.79 Å². The summed E-state index contributed by atoms with van der Waals surface area (Å²) in [5, 5.41) is 30.0. The summed E-state index contributed by atoms with van der Waals surface area (Å²) in [6, 6.07) is -1.20. The molecule has 0 aromatic rings. The third-order valence-corrected chi connectivity index (χ3v) is 2.24. The summed E-state index contributed by atoms with van der Waals surface area (Å²) in [5.41, 5.74) is 0. The Morgan fingerprint density at radius 3 is 2.57 bits per heavy atom. The minimum atomic E-state index is -1.65. The summed E-state index contributed by atoms with van der Waals surface area (Å²) in [6.45, 7) is -0.413. The minimum Gasteiger partial charge on any atom is -0.396 e. The van der Waals surface area contributed by atoms with Crippen LogP contribution in [0.3, 0.4) is 0 Å². The van der Waals surface area contributed by atoms with Crippen molar-refractivity contribution in [1.29, 1.82) is 0 Å². The fraction of sp³-hybridized carbons (Fsp3) is 0.625. The minimum absolute atomic E-state index is 0.413. The van der Waals surface area contributed by atoms with Crippen LogP contribution in [0.2, 0.25) is 0 Å². The molecule has 0 radical (unpaired) electrons. The summed E-state index contributed by atoms with van der Waals surface area (Å²) in [7, 11) is 0. The molecule has 1 aliphatic rings. The third kappa shape index (κ3) is 1.87. The van der Waals surface area contributed by atoms with E-state index in [0.717, 1.165) is 6.08 Å². The lowest BCUT2D eigenvalue weighted by Gasteiger charge is -2.21. The molecule has 0 spiro atoms. The summed E-state index contributed by atoms with van der Waals surface area (Å²) in [5.74, 6) is -1.43. The molecular formula is C8H11NO5. The van der Waals surface area contributed by atoms with Crippen LogP contribution in [0, 0.1) is 10.8 Å². The maximum Gasteiger partial charge on any atom is 0.186 e. The molecule has 0 aliphatic heterocycles. The van der Waals surface area contributed by atoms with Crippen LogP contribution in [-0.2, 0) is 4.79 Å². The maximum atomic E-state index is 11.0. The second-order valence-corrected chi connectivity index (χ2v) is 3.14. The molecule has 1 aliphatic carbocycles. The van der Waals surface area contributed by atoms with Gasteiger partial charge in [-0.05, 0) is 6.08 Å². The van der Waals surface area contributed by atoms with Crippen molar-refractivity contribution in [2.75, 3.05) is 6.61 Å². The SMILES string of the molecule is O=N[C@H]1C(O)[C@@H](O)C(=O)C=C[C@@H]1CO. The van der Waals surface area contributed by atoms with Crippen molar-refractivity contribution < 1.29 is 20.1 Å². The molecule has 0 aromatic carbocycles. The van der Waals surface area contributed by atoms with Gasteiger partial charge in [-0.1, -0.05) is 11.3 Å². The Labute approximate surface area is 79.8 Å². The first-order valence-corrected chi connectivity index (χ1v) is 4.13. The number of hydrogen-bond donors (Lipinski definition) is 3. The number of rotatable bonds is 2. The zero-order valence-electron chi connectivity index (χ0n) is 7.28. The highest BCUT2D eigenvalue weighted by molar-refractivity contribution is 5.94. The van der Waals surface area contributed by atoms with E-state index in [1.165, 1.54) is 6.08 Å². The van der Waals surface area contributed by atoms with Gasteiger partial charge in [0.2, 0.25) is 0 Å². The molecule has 0 aromatic heterocycles. The molecule has 1 rings (SSSR count). The molecule has 6 heteroatoms. The lowest BCUT2D eigenvalue weighted by Crippen LogP contribution is -2.42. The van der Waals surface area contributed by atoms with Crippen LogP contribution < -0.4 is 0 Å². The van der Waals surface area contributed by atoms with Gasteiger partial charge in [0.15, 0.2) is 5.78 Å². The van der Waals surface area contributed by atoms with Crippen molar-refractivity contribution in [3.05, 3.63) is 17.1 Å². The lowest BCUT2D eigenvalue weighted by atomic mass is 9.95. The molecule has 1 unspecified atom stereocenters. The molecule has 0 bridgehead atoms. The second-order valence-electron chi connectivity index (χ2n) is 3.14. The normalized spacial score (nSPS) is 38.1. The van der Waals surface area contributed by atoms with Crippen LogP contribution in [0.4, 0.5) is 0 Å². The van der Waals surface area contributed by atoms with Crippen LogP contribution in [-0.4, -0.2) is 46.0 Å². The lowest BCUT2D eigenvalue weighted by molar-refractivity contribution is -0.128. The molecule has 3 N–H and O–H groups in total. The topological polar surface area (TPSA) is 107 Å². The van der Waals surface area contributed by atoms with E-state index < -0.39 is 36.6 Å². The van der Waals surface area contributed by atoms with Crippen molar-refractivity contribution in [2.45, 2.75) is 18.2 Å². The molecule has 6 nitrogen and oxygen atoms in total. The third-order valence-electron chi connectivity index (χ3n) is 2.24. The standard InChI is InChI=1S/C8H11NO5/c10-3-4-1-2-5(11)7(12)8(13)6(4)9-14/h1-2,4,6-8,10,12-13H,3H2/t4-,6-,7+,8?/m1/s1. The number of carbonyl (C=O) groups is 1. The number of ketones is 1. The molecule has 0 saturated heterocycles. The predicted molar refractivity (Wildman–Crippen MR) is 46.3 cm³/mol. The summed E-state index contributed by atoms with van der Waals surface area (Å²) >= 11 is 0. The van der Waals surface area contributed by atoms with E-state index >= 15 is 0 Å². The summed E-state index contributed by atoms with van der Waals surface area (Å²) in [4.78, 5) is 21.4. The van der Waals surface area contributed by atoms with E-state index in [0.29, 0.717) is 0 Å². The van der Waals surface area contributed by atoms with E-state index in [4.69, 9.17) is 5.11 Å². The van der Waals surface area contributed by atoms with Crippen molar-refractivity contribution >= 4 is 5.78 Å². The van der Waals surface area contributed by atoms with Gasteiger partial charge in [0.05, 0.1) is 6.61 Å². The number of aliphatic hydroxyl groups excluding tert-OH is 3. The zero-order chi connectivity index (χ0) is 10.7. The van der Waals surface area contributed by atoms with Gasteiger partial charge in [0.1, 0.15) is 18.2 Å². The van der Waals surface area contributed by atoms with Gasteiger partial charge in [0.25, 0.3) is 0 Å².